The minimum atomic E-state index is -4.26. The van der Waals surface area contributed by atoms with Crippen LogP contribution in [0.25, 0.3) is 22.3 Å². The van der Waals surface area contributed by atoms with Gasteiger partial charge in [0.15, 0.2) is 46.8 Å². The summed E-state index contributed by atoms with van der Waals surface area (Å²) < 4.78 is 53.9. The van der Waals surface area contributed by atoms with E-state index in [4.69, 9.17) is 51.2 Å². The molecule has 8 rings (SSSR count). The van der Waals surface area contributed by atoms with Crippen molar-refractivity contribution in [3.63, 3.8) is 0 Å². The molecule has 3 fully saturated rings. The highest BCUT2D eigenvalue weighted by Crippen LogP contribution is 2.54. The van der Waals surface area contributed by atoms with Gasteiger partial charge in [0.25, 0.3) is 11.5 Å². The Morgan fingerprint density at radius 1 is 0.965 bits per heavy atom. The highest BCUT2D eigenvalue weighted by Gasteiger charge is 2.52. The second-order valence-electron chi connectivity index (χ2n) is 13.3. The summed E-state index contributed by atoms with van der Waals surface area (Å²) in [6, 6.07) is 8.34. The number of hydrogen-bond donors (Lipinski definition) is 5. The summed E-state index contributed by atoms with van der Waals surface area (Å²) >= 11 is 10.6. The van der Waals surface area contributed by atoms with Crippen LogP contribution in [-0.4, -0.2) is 110 Å². The van der Waals surface area contributed by atoms with Gasteiger partial charge in [-0.25, -0.2) is 19.3 Å². The van der Waals surface area contributed by atoms with Crippen molar-refractivity contribution in [3.8, 4) is 0 Å². The second-order valence-corrected chi connectivity index (χ2v) is 18.8. The van der Waals surface area contributed by atoms with Crippen LogP contribution in [0.5, 0.6) is 0 Å². The number of nitrogens with zero attached hydrogens (tertiary/aromatic N) is 8. The van der Waals surface area contributed by atoms with Crippen LogP contribution < -0.4 is 16.2 Å². The van der Waals surface area contributed by atoms with Gasteiger partial charge < -0.3 is 38.1 Å². The van der Waals surface area contributed by atoms with E-state index in [1.54, 1.807) is 44.2 Å². The lowest BCUT2D eigenvalue weighted by atomic mass is 10.1. The number of benzene rings is 1. The molecular weight excluding hydrogens is 835 g/mol. The zero-order chi connectivity index (χ0) is 40.2. The zero-order valence-electron chi connectivity index (χ0n) is 29.5. The van der Waals surface area contributed by atoms with Crippen molar-refractivity contribution in [1.29, 1.82) is 0 Å². The highest BCUT2D eigenvalue weighted by molar-refractivity contribution is 8.07. The molecule has 302 valence electrons. The largest absolute Gasteiger partial charge is 0.349 e. The fourth-order valence-electron chi connectivity index (χ4n) is 6.27. The van der Waals surface area contributed by atoms with E-state index in [0.717, 1.165) is 11.0 Å². The number of rotatable bonds is 6. The Hall–Kier alpha value is -4.10. The molecule has 27 heteroatoms. The molecule has 57 heavy (non-hydrogen) atoms. The molecule has 2 bridgehead atoms. The molecule has 2 unspecified atom stereocenters. The molecular formula is C30H32FN11O11P2S2. The third kappa shape index (κ3) is 8.15. The SMILES string of the molecule is CC(C)C(=O)Nc1nc2c(ncn2[C@@H]2O[C@@H]3COP(O)(=S)O[C@H]4[C@H](F)[C@H](n5nnc6c(NC(=O)c7ccccc7)ncnc65)O[C@@H]4COP(O)(=S)O[C@H]2C3)c(=O)[nH]1. The lowest BCUT2D eigenvalue weighted by molar-refractivity contribution is -0.118. The Bertz CT molecular complexity index is 2510. The standard InChI is InChI=1S/C30H32FN11O11P2S2/c1-13(2)25(43)37-30-36-24-20(27(45)38-30)34-12-41(24)28-16-8-15(50-28)9-48-55(47,57)53-21-17(10-49-54(46,56)52-16)51-29(18(21)31)42-23-19(39-40-42)22(32-11-33-23)35-26(44)14-6-4-3-5-7-14/h3-7,11-13,15-18,21,28-29H,8-10H2,1-2H3,(H,46,56)(H,47,57)(H,32,33,35,44)(H2,36,37,38,43,45)/t15-,16-,17+,18-,21+,28+,29+,54?,55?/m0/s1. The normalized spacial score (nSPS) is 30.7. The number of halogens is 1. The number of alkyl halides is 1. The predicted octanol–water partition coefficient (Wildman–Crippen LogP) is 1.98. The van der Waals surface area contributed by atoms with Crippen LogP contribution in [0.15, 0.2) is 47.8 Å². The molecule has 7 heterocycles. The Morgan fingerprint density at radius 3 is 2.49 bits per heavy atom. The predicted molar refractivity (Wildman–Crippen MR) is 201 cm³/mol. The first-order chi connectivity index (χ1) is 27.2. The number of aromatic amines is 1. The van der Waals surface area contributed by atoms with Gasteiger partial charge in [0, 0.05) is 17.9 Å². The number of amides is 2. The molecule has 2 amide bonds. The molecule has 3 aliphatic rings. The number of fused-ring (bicyclic) bond motifs is 5. The van der Waals surface area contributed by atoms with Crippen LogP contribution in [0.3, 0.4) is 0 Å². The molecule has 3 aliphatic heterocycles. The number of anilines is 2. The summed E-state index contributed by atoms with van der Waals surface area (Å²) in [4.78, 5) is 79.7. The van der Waals surface area contributed by atoms with Crippen molar-refractivity contribution in [2.45, 2.75) is 63.3 Å². The molecule has 5 N–H and O–H groups in total. The van der Waals surface area contributed by atoms with E-state index in [2.05, 4.69) is 45.9 Å². The molecule has 3 saturated heterocycles. The van der Waals surface area contributed by atoms with E-state index in [1.165, 1.54) is 10.9 Å². The fourth-order valence-corrected chi connectivity index (χ4v) is 9.17. The van der Waals surface area contributed by atoms with E-state index in [-0.39, 0.29) is 40.5 Å². The van der Waals surface area contributed by atoms with Crippen molar-refractivity contribution in [2.24, 2.45) is 5.92 Å². The monoisotopic (exact) mass is 867 g/mol. The van der Waals surface area contributed by atoms with Crippen molar-refractivity contribution in [3.05, 3.63) is 58.9 Å². The number of aromatic nitrogens is 9. The first-order valence-corrected chi connectivity index (χ1v) is 22.3. The summed E-state index contributed by atoms with van der Waals surface area (Å²) in [5.41, 5.74) is -0.407. The van der Waals surface area contributed by atoms with Gasteiger partial charge in [0.2, 0.25) is 11.9 Å². The van der Waals surface area contributed by atoms with Crippen molar-refractivity contribution >= 4 is 83.0 Å². The molecule has 0 radical (unpaired) electrons. The van der Waals surface area contributed by atoms with Gasteiger partial charge in [-0.15, -0.1) is 5.10 Å². The zero-order valence-corrected chi connectivity index (χ0v) is 32.9. The first kappa shape index (κ1) is 39.7. The minimum Gasteiger partial charge on any atom is -0.349 e. The Morgan fingerprint density at radius 2 is 1.72 bits per heavy atom. The van der Waals surface area contributed by atoms with Gasteiger partial charge in [-0.3, -0.25) is 33.8 Å². The average molecular weight is 868 g/mol. The molecule has 0 aliphatic carbocycles. The third-order valence-electron chi connectivity index (χ3n) is 9.00. The van der Waals surface area contributed by atoms with Crippen molar-refractivity contribution in [2.75, 3.05) is 23.8 Å². The van der Waals surface area contributed by atoms with E-state index < -0.39 is 93.0 Å². The summed E-state index contributed by atoms with van der Waals surface area (Å²) in [6.45, 7) is -6.17. The number of H-pyrrole nitrogens is 1. The van der Waals surface area contributed by atoms with Gasteiger partial charge in [0.05, 0.1) is 25.6 Å². The lowest BCUT2D eigenvalue weighted by Gasteiger charge is -2.27. The Balaban J connectivity index is 1.05. The lowest BCUT2D eigenvalue weighted by Crippen LogP contribution is -2.34. The van der Waals surface area contributed by atoms with Crippen molar-refractivity contribution in [1.82, 2.24) is 44.5 Å². The highest BCUT2D eigenvalue weighted by atomic mass is 32.5. The van der Waals surface area contributed by atoms with Crippen molar-refractivity contribution < 1.29 is 51.3 Å². The Kier molecular flexibility index (Phi) is 10.9. The number of hydrogen-bond acceptors (Lipinski definition) is 17. The van der Waals surface area contributed by atoms with E-state index in [1.807, 2.05) is 0 Å². The summed E-state index contributed by atoms with van der Waals surface area (Å²) in [6.07, 6.45) is -7.52. The number of nitrogens with one attached hydrogen (secondary N) is 3. The van der Waals surface area contributed by atoms with Crippen LogP contribution in [0.4, 0.5) is 16.2 Å². The third-order valence-corrected chi connectivity index (χ3v) is 12.2. The molecule has 5 aromatic rings. The molecule has 1 aromatic carbocycles. The van der Waals surface area contributed by atoms with Crippen LogP contribution in [0.2, 0.25) is 0 Å². The average Bonchev–Trinajstić information content (AvgIpc) is 3.95. The maximum Gasteiger partial charge on any atom is 0.325 e. The van der Waals surface area contributed by atoms with Gasteiger partial charge in [-0.05, 0) is 35.7 Å². The first-order valence-electron chi connectivity index (χ1n) is 17.1. The minimum absolute atomic E-state index is 0.000636. The topological polar surface area (TPSA) is 274 Å². The van der Waals surface area contributed by atoms with Gasteiger partial charge in [-0.2, -0.15) is 9.67 Å². The molecule has 4 aromatic heterocycles. The maximum atomic E-state index is 16.4. The smallest absolute Gasteiger partial charge is 0.325 e. The number of carbonyl (C=O) groups excluding carboxylic acids is 2. The molecule has 22 nitrogen and oxygen atoms in total. The molecule has 9 atom stereocenters. The maximum absolute atomic E-state index is 16.4. The molecule has 0 spiro atoms. The number of imidazole rings is 1. The van der Waals surface area contributed by atoms with E-state index >= 15 is 4.39 Å². The second kappa shape index (κ2) is 15.6. The van der Waals surface area contributed by atoms with Gasteiger partial charge >= 0.3 is 13.4 Å². The number of carbonyl (C=O) groups is 2. The summed E-state index contributed by atoms with van der Waals surface area (Å²) in [7, 11) is 0. The van der Waals surface area contributed by atoms with E-state index in [9.17, 15) is 24.2 Å². The van der Waals surface area contributed by atoms with E-state index in [0.29, 0.717) is 5.56 Å². The molecule has 0 saturated carbocycles. The van der Waals surface area contributed by atoms with Crippen LogP contribution in [0, 0.1) is 5.92 Å². The van der Waals surface area contributed by atoms with Crippen LogP contribution in [-0.2, 0) is 56.0 Å². The van der Waals surface area contributed by atoms with Crippen LogP contribution >= 0.6 is 13.4 Å². The van der Waals surface area contributed by atoms with Gasteiger partial charge in [-0.1, -0.05) is 37.3 Å². The fraction of sp³-hybridized carbons (Fsp3) is 0.433. The van der Waals surface area contributed by atoms with Gasteiger partial charge in [0.1, 0.15) is 24.6 Å². The number of ether oxygens (including phenoxy) is 2. The quantitative estimate of drug-likeness (QED) is 0.153. The Labute approximate surface area is 329 Å². The van der Waals surface area contributed by atoms with Crippen LogP contribution in [0.1, 0.15) is 43.1 Å². The summed E-state index contributed by atoms with van der Waals surface area (Å²) in [5, 5.41) is 13.2. The summed E-state index contributed by atoms with van der Waals surface area (Å²) in [5.74, 6) is -1.46.